The van der Waals surface area contributed by atoms with Gasteiger partial charge in [-0.3, -0.25) is 9.78 Å². The number of carbonyl (C=O) groups excluding carboxylic acids is 1. The fourth-order valence-electron chi connectivity index (χ4n) is 2.11. The van der Waals surface area contributed by atoms with Crippen molar-refractivity contribution in [1.29, 1.82) is 0 Å². The summed E-state index contributed by atoms with van der Waals surface area (Å²) in [5, 5.41) is 2.47. The molecule has 0 bridgehead atoms. The van der Waals surface area contributed by atoms with Gasteiger partial charge in [-0.15, -0.1) is 11.3 Å². The van der Waals surface area contributed by atoms with Crippen molar-refractivity contribution in [2.24, 2.45) is 0 Å². The first-order chi connectivity index (χ1) is 10.7. The molecule has 0 fully saturated rings. The van der Waals surface area contributed by atoms with Gasteiger partial charge in [0.1, 0.15) is 5.69 Å². The van der Waals surface area contributed by atoms with Crippen LogP contribution in [-0.4, -0.2) is 27.8 Å². The van der Waals surface area contributed by atoms with Crippen LogP contribution < -0.4 is 0 Å². The molecule has 6 heteroatoms. The number of thiazole rings is 1. The molecule has 0 saturated heterocycles. The molecule has 0 spiro atoms. The van der Waals surface area contributed by atoms with Crippen molar-refractivity contribution < 1.29 is 9.21 Å². The van der Waals surface area contributed by atoms with E-state index in [0.717, 1.165) is 5.56 Å². The predicted octanol–water partition coefficient (Wildman–Crippen LogP) is 3.63. The Morgan fingerprint density at radius 1 is 1.32 bits per heavy atom. The lowest BCUT2D eigenvalue weighted by molar-refractivity contribution is 0.0737. The van der Waals surface area contributed by atoms with Gasteiger partial charge in [-0.05, 0) is 36.8 Å². The topological polar surface area (TPSA) is 59.2 Å². The van der Waals surface area contributed by atoms with Crippen molar-refractivity contribution in [2.45, 2.75) is 13.0 Å². The van der Waals surface area contributed by atoms with Crippen molar-refractivity contribution in [2.75, 3.05) is 7.05 Å². The van der Waals surface area contributed by atoms with Gasteiger partial charge in [-0.2, -0.15) is 0 Å². The fourth-order valence-corrected chi connectivity index (χ4v) is 2.87. The standard InChI is InChI=1S/C16H15N3O2S/c1-11(12-5-7-17-8-6-12)19(2)16(20)13-10-22-15(18-13)14-4-3-9-21-14/h3-11H,1-2H3/t11-/m0/s1. The van der Waals surface area contributed by atoms with Crippen LogP contribution in [0.3, 0.4) is 0 Å². The molecule has 22 heavy (non-hydrogen) atoms. The Kier molecular flexibility index (Phi) is 4.02. The Hall–Kier alpha value is -2.47. The summed E-state index contributed by atoms with van der Waals surface area (Å²) < 4.78 is 5.31. The van der Waals surface area contributed by atoms with E-state index >= 15 is 0 Å². The lowest BCUT2D eigenvalue weighted by Crippen LogP contribution is -2.29. The van der Waals surface area contributed by atoms with E-state index in [-0.39, 0.29) is 11.9 Å². The van der Waals surface area contributed by atoms with Gasteiger partial charge in [0, 0.05) is 24.8 Å². The van der Waals surface area contributed by atoms with E-state index in [1.807, 2.05) is 25.1 Å². The fraction of sp³-hybridized carbons (Fsp3) is 0.188. The van der Waals surface area contributed by atoms with Crippen LogP contribution >= 0.6 is 11.3 Å². The summed E-state index contributed by atoms with van der Waals surface area (Å²) in [6, 6.07) is 7.39. The van der Waals surface area contributed by atoms with E-state index in [2.05, 4.69) is 9.97 Å². The number of furan rings is 1. The van der Waals surface area contributed by atoms with Gasteiger partial charge >= 0.3 is 0 Å². The van der Waals surface area contributed by atoms with Crippen molar-refractivity contribution >= 4 is 17.2 Å². The molecular formula is C16H15N3O2S. The van der Waals surface area contributed by atoms with Crippen LogP contribution in [-0.2, 0) is 0 Å². The van der Waals surface area contributed by atoms with Crippen LogP contribution in [0.1, 0.15) is 29.0 Å². The molecule has 1 amide bonds. The van der Waals surface area contributed by atoms with Crippen molar-refractivity contribution in [3.05, 3.63) is 59.6 Å². The van der Waals surface area contributed by atoms with Crippen molar-refractivity contribution in [1.82, 2.24) is 14.9 Å². The van der Waals surface area contributed by atoms with E-state index in [0.29, 0.717) is 16.5 Å². The number of amides is 1. The van der Waals surface area contributed by atoms with Gasteiger partial charge in [-0.25, -0.2) is 4.98 Å². The SMILES string of the molecule is C[C@@H](c1ccncc1)N(C)C(=O)c1csc(-c2ccco2)n1. The Morgan fingerprint density at radius 3 is 2.77 bits per heavy atom. The largest absolute Gasteiger partial charge is 0.462 e. The maximum Gasteiger partial charge on any atom is 0.273 e. The van der Waals surface area contributed by atoms with Crippen LogP contribution in [0.15, 0.2) is 52.7 Å². The van der Waals surface area contributed by atoms with Gasteiger partial charge < -0.3 is 9.32 Å². The maximum absolute atomic E-state index is 12.6. The third kappa shape index (κ3) is 2.78. The van der Waals surface area contributed by atoms with Gasteiger partial charge in [0.25, 0.3) is 5.91 Å². The Morgan fingerprint density at radius 2 is 2.09 bits per heavy atom. The van der Waals surface area contributed by atoms with Gasteiger partial charge in [0.15, 0.2) is 10.8 Å². The molecule has 3 aromatic rings. The molecule has 0 unspecified atom stereocenters. The molecule has 0 radical (unpaired) electrons. The molecule has 0 saturated carbocycles. The van der Waals surface area contributed by atoms with Crippen LogP contribution in [0.2, 0.25) is 0 Å². The minimum absolute atomic E-state index is 0.0516. The summed E-state index contributed by atoms with van der Waals surface area (Å²) in [7, 11) is 1.78. The van der Waals surface area contributed by atoms with E-state index in [1.165, 1.54) is 11.3 Å². The zero-order valence-corrected chi connectivity index (χ0v) is 13.1. The summed E-state index contributed by atoms with van der Waals surface area (Å²) in [5.74, 6) is 0.562. The first-order valence-electron chi connectivity index (χ1n) is 6.83. The zero-order chi connectivity index (χ0) is 15.5. The highest BCUT2D eigenvalue weighted by Gasteiger charge is 2.21. The molecule has 0 N–H and O–H groups in total. The molecule has 112 valence electrons. The number of carbonyl (C=O) groups is 1. The first kappa shape index (κ1) is 14.5. The number of aromatic nitrogens is 2. The second-order valence-corrected chi connectivity index (χ2v) is 5.75. The van der Waals surface area contributed by atoms with Gasteiger partial charge in [0.05, 0.1) is 12.3 Å². The molecule has 0 aliphatic rings. The summed E-state index contributed by atoms with van der Waals surface area (Å²) in [4.78, 5) is 22.6. The Labute approximate surface area is 132 Å². The Bertz CT molecular complexity index is 753. The highest BCUT2D eigenvalue weighted by atomic mass is 32.1. The monoisotopic (exact) mass is 313 g/mol. The van der Waals surface area contributed by atoms with Crippen molar-refractivity contribution in [3.8, 4) is 10.8 Å². The zero-order valence-electron chi connectivity index (χ0n) is 12.3. The lowest BCUT2D eigenvalue weighted by Gasteiger charge is -2.24. The molecule has 0 aliphatic heterocycles. The average Bonchev–Trinajstić information content (AvgIpc) is 3.24. The molecule has 5 nitrogen and oxygen atoms in total. The highest BCUT2D eigenvalue weighted by molar-refractivity contribution is 7.13. The second-order valence-electron chi connectivity index (χ2n) is 4.89. The maximum atomic E-state index is 12.6. The summed E-state index contributed by atoms with van der Waals surface area (Å²) in [6.45, 7) is 1.98. The summed E-state index contributed by atoms with van der Waals surface area (Å²) >= 11 is 1.40. The number of nitrogens with zero attached hydrogens (tertiary/aromatic N) is 3. The average molecular weight is 313 g/mol. The smallest absolute Gasteiger partial charge is 0.273 e. The number of hydrogen-bond acceptors (Lipinski definition) is 5. The minimum atomic E-state index is -0.113. The van der Waals surface area contributed by atoms with Gasteiger partial charge in [0.2, 0.25) is 0 Å². The van der Waals surface area contributed by atoms with Gasteiger partial charge in [-0.1, -0.05) is 0 Å². The van der Waals surface area contributed by atoms with E-state index in [4.69, 9.17) is 4.42 Å². The number of rotatable bonds is 4. The third-order valence-electron chi connectivity index (χ3n) is 3.55. The molecule has 0 aromatic carbocycles. The van der Waals surface area contributed by atoms with E-state index in [9.17, 15) is 4.79 Å². The molecule has 3 aromatic heterocycles. The first-order valence-corrected chi connectivity index (χ1v) is 7.71. The number of pyridine rings is 1. The Balaban J connectivity index is 1.79. The summed E-state index contributed by atoms with van der Waals surface area (Å²) in [6.07, 6.45) is 5.04. The van der Waals surface area contributed by atoms with E-state index in [1.54, 1.807) is 42.1 Å². The van der Waals surface area contributed by atoms with Crippen molar-refractivity contribution in [3.63, 3.8) is 0 Å². The van der Waals surface area contributed by atoms with Crippen LogP contribution in [0, 0.1) is 0 Å². The lowest BCUT2D eigenvalue weighted by atomic mass is 10.1. The second kappa shape index (κ2) is 6.11. The van der Waals surface area contributed by atoms with E-state index < -0.39 is 0 Å². The molecule has 1 atom stereocenters. The highest BCUT2D eigenvalue weighted by Crippen LogP contribution is 2.26. The molecule has 3 rings (SSSR count). The third-order valence-corrected chi connectivity index (χ3v) is 4.40. The molecule has 0 aliphatic carbocycles. The quantitative estimate of drug-likeness (QED) is 0.738. The van der Waals surface area contributed by atoms with Crippen LogP contribution in [0.5, 0.6) is 0 Å². The van der Waals surface area contributed by atoms with Crippen LogP contribution in [0.25, 0.3) is 10.8 Å². The molecular weight excluding hydrogens is 298 g/mol. The van der Waals surface area contributed by atoms with Crippen LogP contribution in [0.4, 0.5) is 0 Å². The number of hydrogen-bond donors (Lipinski definition) is 0. The normalized spacial score (nSPS) is 12.1. The minimum Gasteiger partial charge on any atom is -0.462 e. The molecule has 3 heterocycles. The summed E-state index contributed by atoms with van der Waals surface area (Å²) in [5.41, 5.74) is 1.46. The predicted molar refractivity (Wildman–Crippen MR) is 84.6 cm³/mol.